The smallest absolute Gasteiger partial charge is 0.296 e. The Morgan fingerprint density at radius 1 is 0.900 bits per heavy atom. The number of nitro groups is 1. The number of ether oxygens (including phenoxy) is 3. The summed E-state index contributed by atoms with van der Waals surface area (Å²) < 4.78 is 16.9. The van der Waals surface area contributed by atoms with E-state index >= 15 is 0 Å². The molecule has 4 aromatic rings. The van der Waals surface area contributed by atoms with Crippen molar-refractivity contribution in [2.75, 3.05) is 50.2 Å². The highest BCUT2D eigenvalue weighted by atomic mass is 16.6. The molecule has 0 spiro atoms. The molecule has 3 aromatic carbocycles. The molecule has 0 radical (unpaired) electrons. The van der Waals surface area contributed by atoms with E-state index in [-0.39, 0.29) is 10.6 Å². The summed E-state index contributed by atoms with van der Waals surface area (Å²) in [7, 11) is 3.24. The molecular weight excluding hydrogens is 510 g/mol. The Kier molecular flexibility index (Phi) is 6.98. The molecular formula is C30H31N5O5. The van der Waals surface area contributed by atoms with E-state index in [1.807, 2.05) is 42.5 Å². The van der Waals surface area contributed by atoms with Crippen molar-refractivity contribution < 1.29 is 19.1 Å². The second-order valence-corrected chi connectivity index (χ2v) is 10.1. The van der Waals surface area contributed by atoms with Crippen LogP contribution >= 0.6 is 0 Å². The third kappa shape index (κ3) is 5.16. The minimum Gasteiger partial charge on any atom is -0.493 e. The van der Waals surface area contributed by atoms with Gasteiger partial charge >= 0.3 is 0 Å². The zero-order valence-electron chi connectivity index (χ0n) is 22.6. The van der Waals surface area contributed by atoms with Crippen molar-refractivity contribution in [2.24, 2.45) is 0 Å². The molecule has 10 heteroatoms. The standard InChI is InChI=1S/C30H31N5O5/c1-38-27-17-23-24(18-28(27)39-2)31-29(21-8-9-21)32-30(23)34-14-12-33(13-15-34)25-11-10-22(16-26(25)35(36)37)40-19-20-6-4-3-5-7-20/h3-7,10-11,16-18,21H,8-9,12-15,19H2,1-2H3. The van der Waals surface area contributed by atoms with Gasteiger partial charge in [0.2, 0.25) is 0 Å². The van der Waals surface area contributed by atoms with Gasteiger partial charge in [0.05, 0.1) is 30.7 Å². The molecule has 2 heterocycles. The van der Waals surface area contributed by atoms with Crippen molar-refractivity contribution in [3.05, 3.63) is 82.2 Å². The molecule has 0 atom stereocenters. The summed E-state index contributed by atoms with van der Waals surface area (Å²) >= 11 is 0. The molecule has 0 unspecified atom stereocenters. The molecule has 0 amide bonds. The number of aromatic nitrogens is 2. The Hall–Kier alpha value is -4.60. The Bertz CT molecular complexity index is 1540. The fourth-order valence-electron chi connectivity index (χ4n) is 5.13. The normalized spacial score (nSPS) is 15.2. The maximum absolute atomic E-state index is 12.0. The number of nitro benzene ring substituents is 1. The molecule has 1 aliphatic carbocycles. The van der Waals surface area contributed by atoms with Crippen LogP contribution in [0.2, 0.25) is 0 Å². The zero-order valence-corrected chi connectivity index (χ0v) is 22.6. The number of fused-ring (bicyclic) bond motifs is 1. The van der Waals surface area contributed by atoms with E-state index in [1.54, 1.807) is 26.4 Å². The highest BCUT2D eigenvalue weighted by Crippen LogP contribution is 2.42. The van der Waals surface area contributed by atoms with E-state index < -0.39 is 0 Å². The quantitative estimate of drug-likeness (QED) is 0.205. The van der Waals surface area contributed by atoms with E-state index in [1.165, 1.54) is 6.07 Å². The molecule has 206 valence electrons. The molecule has 1 saturated carbocycles. The lowest BCUT2D eigenvalue weighted by Gasteiger charge is -2.37. The fourth-order valence-corrected chi connectivity index (χ4v) is 5.13. The van der Waals surface area contributed by atoms with Crippen LogP contribution < -0.4 is 24.0 Å². The fraction of sp³-hybridized carbons (Fsp3) is 0.333. The first-order chi connectivity index (χ1) is 19.5. The first kappa shape index (κ1) is 25.7. The van der Waals surface area contributed by atoms with E-state index in [4.69, 9.17) is 24.2 Å². The molecule has 1 aromatic heterocycles. The van der Waals surface area contributed by atoms with Crippen molar-refractivity contribution in [3.8, 4) is 17.2 Å². The Morgan fingerprint density at radius 3 is 2.27 bits per heavy atom. The summed E-state index contributed by atoms with van der Waals surface area (Å²) in [5.74, 6) is 3.85. The highest BCUT2D eigenvalue weighted by Gasteiger charge is 2.30. The van der Waals surface area contributed by atoms with Crippen LogP contribution in [0.5, 0.6) is 17.2 Å². The van der Waals surface area contributed by atoms with Crippen LogP contribution in [-0.2, 0) is 6.61 Å². The van der Waals surface area contributed by atoms with E-state index in [2.05, 4.69) is 9.80 Å². The third-order valence-corrected chi connectivity index (χ3v) is 7.45. The van der Waals surface area contributed by atoms with E-state index in [0.29, 0.717) is 61.6 Å². The minimum absolute atomic E-state index is 0.0411. The molecule has 2 aliphatic rings. The molecule has 6 rings (SSSR count). The number of nitrogens with zero attached hydrogens (tertiary/aromatic N) is 5. The van der Waals surface area contributed by atoms with Crippen molar-refractivity contribution in [1.82, 2.24) is 9.97 Å². The second kappa shape index (κ2) is 10.9. The lowest BCUT2D eigenvalue weighted by molar-refractivity contribution is -0.384. The maximum Gasteiger partial charge on any atom is 0.296 e. The van der Waals surface area contributed by atoms with Crippen LogP contribution in [0.4, 0.5) is 17.2 Å². The average molecular weight is 542 g/mol. The van der Waals surface area contributed by atoms with Gasteiger partial charge in [0.15, 0.2) is 11.5 Å². The number of hydrogen-bond donors (Lipinski definition) is 0. The highest BCUT2D eigenvalue weighted by molar-refractivity contribution is 5.92. The van der Waals surface area contributed by atoms with E-state index in [9.17, 15) is 10.1 Å². The van der Waals surface area contributed by atoms with Gasteiger partial charge in [-0.3, -0.25) is 10.1 Å². The lowest BCUT2D eigenvalue weighted by atomic mass is 10.1. The summed E-state index contributed by atoms with van der Waals surface area (Å²) in [4.78, 5) is 25.8. The number of benzene rings is 3. The number of hydrogen-bond acceptors (Lipinski definition) is 9. The van der Waals surface area contributed by atoms with Crippen molar-refractivity contribution in [3.63, 3.8) is 0 Å². The lowest BCUT2D eigenvalue weighted by Crippen LogP contribution is -2.47. The molecule has 1 aliphatic heterocycles. The van der Waals surface area contributed by atoms with Gasteiger partial charge < -0.3 is 24.0 Å². The van der Waals surface area contributed by atoms with Crippen LogP contribution in [0.15, 0.2) is 60.7 Å². The summed E-state index contributed by atoms with van der Waals surface area (Å²) in [6.45, 7) is 2.90. The number of anilines is 2. The minimum atomic E-state index is -0.337. The largest absolute Gasteiger partial charge is 0.493 e. The maximum atomic E-state index is 12.0. The third-order valence-electron chi connectivity index (χ3n) is 7.45. The van der Waals surface area contributed by atoms with Gasteiger partial charge in [-0.25, -0.2) is 9.97 Å². The van der Waals surface area contributed by atoms with Crippen LogP contribution in [0.25, 0.3) is 10.9 Å². The topological polar surface area (TPSA) is 103 Å². The summed E-state index contributed by atoms with van der Waals surface area (Å²) in [5, 5.41) is 12.9. The van der Waals surface area contributed by atoms with Crippen LogP contribution in [0.1, 0.15) is 30.1 Å². The molecule has 10 nitrogen and oxygen atoms in total. The number of rotatable bonds is 9. The van der Waals surface area contributed by atoms with Gasteiger partial charge in [-0.15, -0.1) is 0 Å². The molecule has 1 saturated heterocycles. The molecule has 0 bridgehead atoms. The molecule has 2 fully saturated rings. The predicted octanol–water partition coefficient (Wildman–Crippen LogP) is 5.34. The summed E-state index contributed by atoms with van der Waals surface area (Å²) in [6.07, 6.45) is 2.20. The zero-order chi connectivity index (χ0) is 27.6. The second-order valence-electron chi connectivity index (χ2n) is 10.1. The van der Waals surface area contributed by atoms with Crippen LogP contribution in [0, 0.1) is 10.1 Å². The molecule has 0 N–H and O–H groups in total. The Morgan fingerprint density at radius 2 is 1.60 bits per heavy atom. The molecule has 40 heavy (non-hydrogen) atoms. The first-order valence-corrected chi connectivity index (χ1v) is 13.4. The van der Waals surface area contributed by atoms with Gasteiger partial charge in [0.1, 0.15) is 29.7 Å². The number of piperazine rings is 1. The summed E-state index contributed by atoms with van der Waals surface area (Å²) in [6, 6.07) is 18.7. The van der Waals surface area contributed by atoms with Gasteiger partial charge in [-0.05, 0) is 36.6 Å². The van der Waals surface area contributed by atoms with Gasteiger partial charge in [0, 0.05) is 43.5 Å². The van der Waals surface area contributed by atoms with Crippen molar-refractivity contribution in [1.29, 1.82) is 0 Å². The van der Waals surface area contributed by atoms with E-state index in [0.717, 1.165) is 41.0 Å². The number of methoxy groups -OCH3 is 2. The van der Waals surface area contributed by atoms with Crippen LogP contribution in [0.3, 0.4) is 0 Å². The monoisotopic (exact) mass is 541 g/mol. The average Bonchev–Trinajstić information content (AvgIpc) is 3.85. The van der Waals surface area contributed by atoms with Gasteiger partial charge in [-0.1, -0.05) is 30.3 Å². The Balaban J connectivity index is 1.23. The first-order valence-electron chi connectivity index (χ1n) is 13.4. The van der Waals surface area contributed by atoms with Gasteiger partial charge in [-0.2, -0.15) is 0 Å². The van der Waals surface area contributed by atoms with Crippen molar-refractivity contribution in [2.45, 2.75) is 25.4 Å². The predicted molar refractivity (Wildman–Crippen MR) is 153 cm³/mol. The van der Waals surface area contributed by atoms with Gasteiger partial charge in [0.25, 0.3) is 5.69 Å². The van der Waals surface area contributed by atoms with Crippen molar-refractivity contribution >= 4 is 28.1 Å². The van der Waals surface area contributed by atoms with Crippen LogP contribution in [-0.4, -0.2) is 55.3 Å². The Labute approximate surface area is 232 Å². The SMILES string of the molecule is COc1cc2nc(C3CC3)nc(N3CCN(c4ccc(OCc5ccccc5)cc4[N+](=O)[O-])CC3)c2cc1OC. The summed E-state index contributed by atoms with van der Waals surface area (Å²) in [5.41, 5.74) is 2.46.